The fraction of sp³-hybridized carbons (Fsp3) is 0.294. The van der Waals surface area contributed by atoms with Gasteiger partial charge in [0.1, 0.15) is 5.75 Å². The van der Waals surface area contributed by atoms with Gasteiger partial charge in [0.2, 0.25) is 0 Å². The Morgan fingerprint density at radius 1 is 1.43 bits per heavy atom. The fourth-order valence-corrected chi connectivity index (χ4v) is 2.70. The highest BCUT2D eigenvalue weighted by Crippen LogP contribution is 2.19. The third-order valence-corrected chi connectivity index (χ3v) is 4.12. The number of halogens is 1. The molecular formula is C17H20IN3O2. The van der Waals surface area contributed by atoms with Crippen molar-refractivity contribution >= 4 is 34.7 Å². The Hall–Kier alpha value is -1.83. The second-order valence-electron chi connectivity index (χ2n) is 5.43. The molecule has 6 heteroatoms. The van der Waals surface area contributed by atoms with Crippen LogP contribution in [0, 0.1) is 10.5 Å². The second kappa shape index (κ2) is 8.14. The lowest BCUT2D eigenvalue weighted by molar-refractivity contribution is -0.123. The van der Waals surface area contributed by atoms with Gasteiger partial charge in [0.15, 0.2) is 6.61 Å². The van der Waals surface area contributed by atoms with Gasteiger partial charge in [-0.1, -0.05) is 12.1 Å². The van der Waals surface area contributed by atoms with Crippen molar-refractivity contribution in [3.8, 4) is 5.75 Å². The predicted octanol–water partition coefficient (Wildman–Crippen LogP) is 3.51. The van der Waals surface area contributed by atoms with Crippen LogP contribution in [0.5, 0.6) is 5.75 Å². The molecule has 0 aliphatic rings. The summed E-state index contributed by atoms with van der Waals surface area (Å²) in [6.45, 7) is 6.23. The minimum Gasteiger partial charge on any atom is -0.483 e. The summed E-state index contributed by atoms with van der Waals surface area (Å²) in [5.41, 5.74) is 4.59. The highest BCUT2D eigenvalue weighted by Gasteiger charge is 2.05. The quantitative estimate of drug-likeness (QED) is 0.438. The van der Waals surface area contributed by atoms with E-state index in [1.807, 2.05) is 43.5 Å². The van der Waals surface area contributed by atoms with E-state index in [2.05, 4.69) is 51.5 Å². The Kier molecular flexibility index (Phi) is 6.20. The summed E-state index contributed by atoms with van der Waals surface area (Å²) >= 11 is 2.17. The number of carbonyl (C=O) groups excluding carboxylic acids is 1. The molecular weight excluding hydrogens is 405 g/mol. The van der Waals surface area contributed by atoms with E-state index >= 15 is 0 Å². The summed E-state index contributed by atoms with van der Waals surface area (Å²) in [7, 11) is 0. The van der Waals surface area contributed by atoms with Gasteiger partial charge in [-0.15, -0.1) is 0 Å². The van der Waals surface area contributed by atoms with Crippen LogP contribution in [0.2, 0.25) is 0 Å². The number of nitrogens with zero attached hydrogens (tertiary/aromatic N) is 2. The average molecular weight is 425 g/mol. The zero-order chi connectivity index (χ0) is 16.8. The van der Waals surface area contributed by atoms with Crippen LogP contribution in [-0.2, 0) is 4.79 Å². The van der Waals surface area contributed by atoms with Crippen LogP contribution in [0.25, 0.3) is 0 Å². The first-order valence-corrected chi connectivity index (χ1v) is 8.43. The van der Waals surface area contributed by atoms with Crippen molar-refractivity contribution < 1.29 is 9.53 Å². The lowest BCUT2D eigenvalue weighted by Gasteiger charge is -2.08. The number of benzene rings is 1. The van der Waals surface area contributed by atoms with Gasteiger partial charge in [-0.25, -0.2) is 5.43 Å². The maximum absolute atomic E-state index is 11.7. The SMILES string of the molecule is Cc1cc(/C=N/NC(=O)COc2ccccc2I)cn1C(C)C. The van der Waals surface area contributed by atoms with Gasteiger partial charge < -0.3 is 9.30 Å². The third kappa shape index (κ3) is 5.09. The van der Waals surface area contributed by atoms with E-state index in [-0.39, 0.29) is 12.5 Å². The summed E-state index contributed by atoms with van der Waals surface area (Å²) in [6, 6.07) is 9.97. The summed E-state index contributed by atoms with van der Waals surface area (Å²) in [5, 5.41) is 3.97. The molecule has 1 N–H and O–H groups in total. The highest BCUT2D eigenvalue weighted by atomic mass is 127. The standard InChI is InChI=1S/C17H20IN3O2/c1-12(2)21-10-14(8-13(21)3)9-19-20-17(22)11-23-16-7-5-4-6-15(16)18/h4-10,12H,11H2,1-3H3,(H,20,22)/b19-9+. The first kappa shape index (κ1) is 17.5. The van der Waals surface area contributed by atoms with Crippen molar-refractivity contribution in [1.82, 2.24) is 9.99 Å². The number of rotatable bonds is 6. The lowest BCUT2D eigenvalue weighted by Crippen LogP contribution is -2.24. The van der Waals surface area contributed by atoms with Gasteiger partial charge in [-0.05, 0) is 61.6 Å². The maximum atomic E-state index is 11.7. The Morgan fingerprint density at radius 3 is 2.83 bits per heavy atom. The van der Waals surface area contributed by atoms with E-state index in [1.165, 1.54) is 0 Å². The van der Waals surface area contributed by atoms with Crippen LogP contribution in [0.1, 0.15) is 31.1 Å². The van der Waals surface area contributed by atoms with Crippen LogP contribution >= 0.6 is 22.6 Å². The molecule has 5 nitrogen and oxygen atoms in total. The number of aromatic nitrogens is 1. The molecule has 2 aromatic rings. The van der Waals surface area contributed by atoms with Crippen molar-refractivity contribution in [2.24, 2.45) is 5.10 Å². The van der Waals surface area contributed by atoms with Crippen molar-refractivity contribution in [3.63, 3.8) is 0 Å². The van der Waals surface area contributed by atoms with Crippen LogP contribution in [-0.4, -0.2) is 23.3 Å². The van der Waals surface area contributed by atoms with Crippen LogP contribution < -0.4 is 10.2 Å². The second-order valence-corrected chi connectivity index (χ2v) is 6.59. The van der Waals surface area contributed by atoms with Crippen LogP contribution in [0.15, 0.2) is 41.6 Å². The topological polar surface area (TPSA) is 55.6 Å². The van der Waals surface area contributed by atoms with Gasteiger partial charge in [0, 0.05) is 23.5 Å². The number of aryl methyl sites for hydroxylation is 1. The lowest BCUT2D eigenvalue weighted by atomic mass is 10.3. The molecule has 1 aromatic carbocycles. The van der Waals surface area contributed by atoms with Crippen LogP contribution in [0.4, 0.5) is 0 Å². The summed E-state index contributed by atoms with van der Waals surface area (Å²) in [4.78, 5) is 11.7. The summed E-state index contributed by atoms with van der Waals surface area (Å²) in [5.74, 6) is 0.401. The van der Waals surface area contributed by atoms with Crippen molar-refractivity contribution in [2.45, 2.75) is 26.8 Å². The number of amides is 1. The number of hydrogen-bond acceptors (Lipinski definition) is 3. The molecule has 0 unspecified atom stereocenters. The molecule has 0 aliphatic carbocycles. The first-order valence-electron chi connectivity index (χ1n) is 7.35. The number of para-hydroxylation sites is 1. The molecule has 2 rings (SSSR count). The van der Waals surface area contributed by atoms with Crippen molar-refractivity contribution in [2.75, 3.05) is 6.61 Å². The molecule has 1 aromatic heterocycles. The van der Waals surface area contributed by atoms with Gasteiger partial charge in [-0.3, -0.25) is 4.79 Å². The molecule has 122 valence electrons. The molecule has 0 atom stereocenters. The van der Waals surface area contributed by atoms with E-state index < -0.39 is 0 Å². The number of hydrogen-bond donors (Lipinski definition) is 1. The van der Waals surface area contributed by atoms with E-state index in [0.717, 1.165) is 14.8 Å². The molecule has 1 amide bonds. The molecule has 0 bridgehead atoms. The first-order chi connectivity index (χ1) is 11.0. The molecule has 0 spiro atoms. The van der Waals surface area contributed by atoms with E-state index in [1.54, 1.807) is 6.21 Å². The minimum absolute atomic E-state index is 0.0661. The molecule has 23 heavy (non-hydrogen) atoms. The Balaban J connectivity index is 1.84. The predicted molar refractivity (Wildman–Crippen MR) is 99.9 cm³/mol. The van der Waals surface area contributed by atoms with Gasteiger partial charge in [0.25, 0.3) is 5.91 Å². The fourth-order valence-electron chi connectivity index (χ4n) is 2.16. The zero-order valence-electron chi connectivity index (χ0n) is 13.4. The van der Waals surface area contributed by atoms with Gasteiger partial charge in [-0.2, -0.15) is 5.10 Å². The normalized spacial score (nSPS) is 11.2. The van der Waals surface area contributed by atoms with E-state index in [9.17, 15) is 4.79 Å². The Bertz CT molecular complexity index is 708. The Morgan fingerprint density at radius 2 is 2.17 bits per heavy atom. The largest absolute Gasteiger partial charge is 0.483 e. The average Bonchev–Trinajstić information content (AvgIpc) is 2.87. The minimum atomic E-state index is -0.291. The summed E-state index contributed by atoms with van der Waals surface area (Å²) < 4.78 is 8.58. The highest BCUT2D eigenvalue weighted by molar-refractivity contribution is 14.1. The van der Waals surface area contributed by atoms with Crippen molar-refractivity contribution in [3.05, 3.63) is 51.4 Å². The van der Waals surface area contributed by atoms with Gasteiger partial charge in [0.05, 0.1) is 9.78 Å². The Labute approximate surface area is 149 Å². The third-order valence-electron chi connectivity index (χ3n) is 3.23. The molecule has 0 saturated heterocycles. The van der Waals surface area contributed by atoms with Gasteiger partial charge >= 0.3 is 0 Å². The monoisotopic (exact) mass is 425 g/mol. The van der Waals surface area contributed by atoms with Crippen molar-refractivity contribution in [1.29, 1.82) is 0 Å². The van der Waals surface area contributed by atoms with Crippen LogP contribution in [0.3, 0.4) is 0 Å². The molecule has 1 heterocycles. The van der Waals surface area contributed by atoms with E-state index in [0.29, 0.717) is 11.8 Å². The molecule has 0 radical (unpaired) electrons. The summed E-state index contributed by atoms with van der Waals surface area (Å²) in [6.07, 6.45) is 3.65. The number of carbonyl (C=O) groups is 1. The number of nitrogens with one attached hydrogen (secondary N) is 1. The molecule has 0 saturated carbocycles. The number of hydrazone groups is 1. The van der Waals surface area contributed by atoms with E-state index in [4.69, 9.17) is 4.74 Å². The zero-order valence-corrected chi connectivity index (χ0v) is 15.6. The smallest absolute Gasteiger partial charge is 0.277 e. The molecule has 0 aliphatic heterocycles. The molecule has 0 fully saturated rings. The maximum Gasteiger partial charge on any atom is 0.277 e. The number of ether oxygens (including phenoxy) is 1.